The van der Waals surface area contributed by atoms with Crippen LogP contribution in [0.4, 0.5) is 5.69 Å². The number of carboxylic acid groups (broad SMARTS) is 1. The van der Waals surface area contributed by atoms with Gasteiger partial charge < -0.3 is 10.4 Å². The fourth-order valence-electron chi connectivity index (χ4n) is 2.60. The van der Waals surface area contributed by atoms with Gasteiger partial charge in [-0.25, -0.2) is 13.2 Å². The Hall–Kier alpha value is -2.19. The third-order valence-electron chi connectivity index (χ3n) is 3.86. The highest BCUT2D eigenvalue weighted by Gasteiger charge is 2.15. The Morgan fingerprint density at radius 1 is 1.15 bits per heavy atom. The zero-order valence-electron chi connectivity index (χ0n) is 14.8. The molecular formula is C18H21NO5S2. The van der Waals surface area contributed by atoms with Gasteiger partial charge in [0, 0.05) is 28.1 Å². The molecule has 1 heterocycles. The number of rotatable bonds is 7. The maximum absolute atomic E-state index is 12.1. The van der Waals surface area contributed by atoms with E-state index in [-0.39, 0.29) is 28.5 Å². The van der Waals surface area contributed by atoms with Gasteiger partial charge in [-0.2, -0.15) is 0 Å². The average molecular weight is 396 g/mol. The van der Waals surface area contributed by atoms with Gasteiger partial charge in [0.1, 0.15) is 0 Å². The first-order valence-electron chi connectivity index (χ1n) is 8.00. The third-order valence-corrected chi connectivity index (χ3v) is 5.96. The summed E-state index contributed by atoms with van der Waals surface area (Å²) in [6, 6.07) is 5.72. The summed E-state index contributed by atoms with van der Waals surface area (Å²) in [4.78, 5) is 25.6. The Balaban J connectivity index is 2.05. The van der Waals surface area contributed by atoms with Gasteiger partial charge in [-0.05, 0) is 56.5 Å². The van der Waals surface area contributed by atoms with E-state index in [4.69, 9.17) is 5.11 Å². The molecule has 140 valence electrons. The zero-order valence-corrected chi connectivity index (χ0v) is 16.5. The molecule has 1 aromatic heterocycles. The predicted octanol–water partition coefficient (Wildman–Crippen LogP) is 3.43. The van der Waals surface area contributed by atoms with Crippen LogP contribution in [0.3, 0.4) is 0 Å². The Morgan fingerprint density at radius 3 is 2.38 bits per heavy atom. The number of thiophene rings is 1. The lowest BCUT2D eigenvalue weighted by atomic mass is 10.1. The monoisotopic (exact) mass is 395 g/mol. The van der Waals surface area contributed by atoms with E-state index in [0.29, 0.717) is 6.42 Å². The molecule has 0 aliphatic rings. The van der Waals surface area contributed by atoms with Crippen molar-refractivity contribution in [2.45, 2.75) is 38.0 Å². The molecule has 0 fully saturated rings. The Labute approximate surface area is 156 Å². The van der Waals surface area contributed by atoms with E-state index in [1.165, 1.54) is 27.5 Å². The van der Waals surface area contributed by atoms with Crippen molar-refractivity contribution in [1.29, 1.82) is 0 Å². The molecule has 1 aromatic carbocycles. The van der Waals surface area contributed by atoms with Crippen LogP contribution >= 0.6 is 11.3 Å². The van der Waals surface area contributed by atoms with Gasteiger partial charge in [-0.3, -0.25) is 4.79 Å². The molecule has 2 N–H and O–H groups in total. The number of carbonyl (C=O) groups is 2. The predicted molar refractivity (Wildman–Crippen MR) is 102 cm³/mol. The quantitative estimate of drug-likeness (QED) is 0.748. The average Bonchev–Trinajstić information content (AvgIpc) is 2.83. The number of hydrogen-bond donors (Lipinski definition) is 2. The summed E-state index contributed by atoms with van der Waals surface area (Å²) in [5.41, 5.74) is 1.21. The number of nitrogens with one attached hydrogen (secondary N) is 1. The van der Waals surface area contributed by atoms with Crippen LogP contribution in [0, 0.1) is 13.8 Å². The number of aryl methyl sites for hydroxylation is 3. The topological polar surface area (TPSA) is 101 Å². The molecule has 0 saturated carbocycles. The molecule has 0 saturated heterocycles. The van der Waals surface area contributed by atoms with Gasteiger partial charge in [-0.15, -0.1) is 11.3 Å². The highest BCUT2D eigenvalue weighted by Crippen LogP contribution is 2.23. The van der Waals surface area contributed by atoms with Crippen LogP contribution in [-0.4, -0.2) is 31.7 Å². The molecule has 2 rings (SSSR count). The summed E-state index contributed by atoms with van der Waals surface area (Å²) < 4.78 is 23.4. The van der Waals surface area contributed by atoms with Gasteiger partial charge in [0.05, 0.1) is 10.5 Å². The van der Waals surface area contributed by atoms with Gasteiger partial charge in [-0.1, -0.05) is 0 Å². The molecule has 0 radical (unpaired) electrons. The number of benzene rings is 1. The molecule has 2 aromatic rings. The summed E-state index contributed by atoms with van der Waals surface area (Å²) in [6.45, 7) is 4.10. The Morgan fingerprint density at radius 2 is 1.85 bits per heavy atom. The fourth-order valence-corrected chi connectivity index (χ4v) is 4.26. The van der Waals surface area contributed by atoms with Gasteiger partial charge in [0.2, 0.25) is 5.91 Å². The lowest BCUT2D eigenvalue weighted by molar-refractivity contribution is -0.116. The molecule has 0 unspecified atom stereocenters. The van der Waals surface area contributed by atoms with Crippen LogP contribution in [0.5, 0.6) is 0 Å². The zero-order chi connectivity index (χ0) is 19.5. The maximum Gasteiger partial charge on any atom is 0.335 e. The van der Waals surface area contributed by atoms with Crippen molar-refractivity contribution < 1.29 is 23.1 Å². The first-order chi connectivity index (χ1) is 12.1. The molecular weight excluding hydrogens is 374 g/mol. The number of hydrogen-bond acceptors (Lipinski definition) is 5. The molecule has 0 bridgehead atoms. The van der Waals surface area contributed by atoms with Crippen LogP contribution in [0.1, 0.15) is 38.5 Å². The summed E-state index contributed by atoms with van der Waals surface area (Å²) >= 11 is 1.73. The van der Waals surface area contributed by atoms with Crippen molar-refractivity contribution in [2.24, 2.45) is 0 Å². The minimum atomic E-state index is -3.59. The number of aromatic carboxylic acids is 1. The minimum absolute atomic E-state index is 0.142. The van der Waals surface area contributed by atoms with Crippen molar-refractivity contribution in [3.05, 3.63) is 45.1 Å². The second-order valence-electron chi connectivity index (χ2n) is 6.16. The van der Waals surface area contributed by atoms with E-state index in [2.05, 4.69) is 18.3 Å². The molecule has 0 aliphatic heterocycles. The van der Waals surface area contributed by atoms with E-state index in [9.17, 15) is 18.0 Å². The molecule has 0 atom stereocenters. The highest BCUT2D eigenvalue weighted by molar-refractivity contribution is 7.90. The van der Waals surface area contributed by atoms with Crippen molar-refractivity contribution in [3.63, 3.8) is 0 Å². The molecule has 0 aliphatic carbocycles. The first kappa shape index (κ1) is 20.1. The second-order valence-corrected chi connectivity index (χ2v) is 9.64. The molecule has 0 spiro atoms. The number of anilines is 1. The van der Waals surface area contributed by atoms with E-state index >= 15 is 0 Å². The first-order valence-corrected chi connectivity index (χ1v) is 10.7. The lowest BCUT2D eigenvalue weighted by Crippen LogP contribution is -2.13. The normalized spacial score (nSPS) is 11.3. The summed E-state index contributed by atoms with van der Waals surface area (Å²) in [6.07, 6.45) is 2.69. The van der Waals surface area contributed by atoms with Crippen molar-refractivity contribution in [1.82, 2.24) is 0 Å². The SMILES string of the molecule is Cc1cc(CCCC(=O)Nc2cc(C(=O)O)cc(S(C)(=O)=O)c2)c(C)s1. The number of amides is 1. The standard InChI is InChI=1S/C18H21NO5S2/c1-11-7-13(12(2)25-11)5-4-6-17(20)19-15-8-14(18(21)22)9-16(10-15)26(3,23)24/h7-10H,4-6H2,1-3H3,(H,19,20)(H,21,22). The molecule has 26 heavy (non-hydrogen) atoms. The van der Waals surface area contributed by atoms with Crippen LogP contribution in [0.25, 0.3) is 0 Å². The molecule has 6 nitrogen and oxygen atoms in total. The smallest absolute Gasteiger partial charge is 0.335 e. The van der Waals surface area contributed by atoms with Gasteiger partial charge in [0.25, 0.3) is 0 Å². The molecule has 1 amide bonds. The summed E-state index contributed by atoms with van der Waals surface area (Å²) in [5.74, 6) is -1.54. The fraction of sp³-hybridized carbons (Fsp3) is 0.333. The van der Waals surface area contributed by atoms with Crippen LogP contribution in [0.2, 0.25) is 0 Å². The largest absolute Gasteiger partial charge is 0.478 e. The Bertz CT molecular complexity index is 944. The van der Waals surface area contributed by atoms with Crippen molar-refractivity contribution >= 4 is 38.7 Å². The van der Waals surface area contributed by atoms with Gasteiger partial charge in [0.15, 0.2) is 9.84 Å². The lowest BCUT2D eigenvalue weighted by Gasteiger charge is -2.09. The van der Waals surface area contributed by atoms with Crippen molar-refractivity contribution in [3.8, 4) is 0 Å². The van der Waals surface area contributed by atoms with E-state index in [1.54, 1.807) is 11.3 Å². The number of sulfone groups is 1. The third kappa shape index (κ3) is 5.40. The second kappa shape index (κ2) is 8.01. The minimum Gasteiger partial charge on any atom is -0.478 e. The van der Waals surface area contributed by atoms with Crippen LogP contribution < -0.4 is 5.32 Å². The highest BCUT2D eigenvalue weighted by atomic mass is 32.2. The summed E-state index contributed by atoms with van der Waals surface area (Å²) in [5, 5.41) is 11.7. The van der Waals surface area contributed by atoms with E-state index in [1.807, 2.05) is 6.92 Å². The van der Waals surface area contributed by atoms with Gasteiger partial charge >= 0.3 is 5.97 Å². The van der Waals surface area contributed by atoms with Crippen LogP contribution in [-0.2, 0) is 21.1 Å². The number of carboxylic acids is 1. The van der Waals surface area contributed by atoms with Crippen molar-refractivity contribution in [2.75, 3.05) is 11.6 Å². The van der Waals surface area contributed by atoms with E-state index in [0.717, 1.165) is 18.7 Å². The number of carbonyl (C=O) groups excluding carboxylic acids is 1. The van der Waals surface area contributed by atoms with Crippen LogP contribution in [0.15, 0.2) is 29.2 Å². The Kier molecular flexibility index (Phi) is 6.20. The molecule has 8 heteroatoms. The maximum atomic E-state index is 12.1. The van der Waals surface area contributed by atoms with E-state index < -0.39 is 15.8 Å². The summed E-state index contributed by atoms with van der Waals surface area (Å²) in [7, 11) is -3.59.